The van der Waals surface area contributed by atoms with Crippen molar-refractivity contribution in [3.05, 3.63) is 95.6 Å². The van der Waals surface area contributed by atoms with Crippen LogP contribution in [0.15, 0.2) is 78.9 Å². The van der Waals surface area contributed by atoms with Crippen molar-refractivity contribution in [2.45, 2.75) is 32.8 Å². The third-order valence-electron chi connectivity index (χ3n) is 5.54. The van der Waals surface area contributed by atoms with Crippen LogP contribution in [0.25, 0.3) is 11.1 Å². The van der Waals surface area contributed by atoms with Gasteiger partial charge in [-0.2, -0.15) is 0 Å². The van der Waals surface area contributed by atoms with Gasteiger partial charge in [0.25, 0.3) is 5.91 Å². The number of carboxylic acids is 1. The second-order valence-corrected chi connectivity index (χ2v) is 8.35. The molecule has 0 aliphatic rings. The van der Waals surface area contributed by atoms with Gasteiger partial charge in [0.2, 0.25) is 0 Å². The van der Waals surface area contributed by atoms with E-state index in [1.165, 1.54) is 18.2 Å². The van der Waals surface area contributed by atoms with Crippen molar-refractivity contribution >= 4 is 17.8 Å². The fraction of sp³-hybridized carbons (Fsp3) is 0.250. The lowest BCUT2D eigenvalue weighted by molar-refractivity contribution is -0.152. The van der Waals surface area contributed by atoms with Crippen LogP contribution in [0.4, 0.5) is 0 Å². The van der Waals surface area contributed by atoms with Gasteiger partial charge in [-0.3, -0.25) is 9.59 Å². The fourth-order valence-electron chi connectivity index (χ4n) is 3.57. The van der Waals surface area contributed by atoms with Crippen molar-refractivity contribution in [1.82, 2.24) is 5.32 Å². The molecule has 6 nitrogen and oxygen atoms in total. The lowest BCUT2D eigenvalue weighted by Crippen LogP contribution is -2.29. The van der Waals surface area contributed by atoms with E-state index in [-0.39, 0.29) is 41.6 Å². The molecule has 3 aromatic rings. The minimum Gasteiger partial charge on any atom is -0.478 e. The van der Waals surface area contributed by atoms with E-state index in [1.54, 1.807) is 13.0 Å². The van der Waals surface area contributed by atoms with Gasteiger partial charge in [-0.25, -0.2) is 4.79 Å². The van der Waals surface area contributed by atoms with Gasteiger partial charge in [0.15, 0.2) is 0 Å². The number of nitrogens with one attached hydrogen (secondary N) is 1. The molecule has 2 N–H and O–H groups in total. The molecule has 176 valence electrons. The third kappa shape index (κ3) is 7.04. The second-order valence-electron chi connectivity index (χ2n) is 8.35. The van der Waals surface area contributed by atoms with E-state index in [1.807, 2.05) is 37.3 Å². The Hall–Kier alpha value is -3.93. The Balaban J connectivity index is 1.42. The van der Waals surface area contributed by atoms with E-state index < -0.39 is 5.97 Å². The summed E-state index contributed by atoms with van der Waals surface area (Å²) in [6.45, 7) is 3.91. The second kappa shape index (κ2) is 11.8. The number of carbonyl (C=O) groups is 3. The molecule has 0 heterocycles. The normalized spacial score (nSPS) is 12.4. The maximum Gasteiger partial charge on any atom is 0.335 e. The molecule has 0 aromatic heterocycles. The standard InChI is InChI=1S/C28H29NO5/c1-19(15-16-29-26(30)24-9-6-10-25(18-24)27(31)32)28(33)34-20(2)17-21-11-13-23(14-12-21)22-7-4-3-5-8-22/h3-14,18-20H,15-17H2,1-2H3,(H,29,30)(H,31,32)/t19-,20?/m1/s1. The SMILES string of the molecule is CC(Cc1ccc(-c2ccccc2)cc1)OC(=O)[C@H](C)CCNC(=O)c1cccc(C(=O)O)c1. The topological polar surface area (TPSA) is 92.7 Å². The van der Waals surface area contributed by atoms with Gasteiger partial charge in [-0.15, -0.1) is 0 Å². The Morgan fingerprint density at radius 1 is 0.853 bits per heavy atom. The first kappa shape index (κ1) is 24.7. The van der Waals surface area contributed by atoms with Crippen LogP contribution in [0.3, 0.4) is 0 Å². The van der Waals surface area contributed by atoms with E-state index >= 15 is 0 Å². The number of esters is 1. The molecule has 3 rings (SSSR count). The fourth-order valence-corrected chi connectivity index (χ4v) is 3.57. The van der Waals surface area contributed by atoms with Crippen molar-refractivity contribution in [2.75, 3.05) is 6.54 Å². The number of ether oxygens (including phenoxy) is 1. The van der Waals surface area contributed by atoms with Crippen LogP contribution in [0.5, 0.6) is 0 Å². The summed E-state index contributed by atoms with van der Waals surface area (Å²) in [6, 6.07) is 24.2. The molecule has 0 aliphatic carbocycles. The van der Waals surface area contributed by atoms with Crippen LogP contribution in [0.1, 0.15) is 46.5 Å². The van der Waals surface area contributed by atoms with Gasteiger partial charge < -0.3 is 15.2 Å². The Bertz CT molecular complexity index is 1130. The van der Waals surface area contributed by atoms with Crippen LogP contribution in [-0.2, 0) is 16.0 Å². The smallest absolute Gasteiger partial charge is 0.335 e. The molecule has 0 radical (unpaired) electrons. The monoisotopic (exact) mass is 459 g/mol. The van der Waals surface area contributed by atoms with Gasteiger partial charge >= 0.3 is 11.9 Å². The van der Waals surface area contributed by atoms with E-state index in [4.69, 9.17) is 9.84 Å². The molecule has 1 unspecified atom stereocenters. The molecule has 0 bridgehead atoms. The zero-order valence-corrected chi connectivity index (χ0v) is 19.4. The van der Waals surface area contributed by atoms with Crippen LogP contribution in [0, 0.1) is 5.92 Å². The summed E-state index contributed by atoms with van der Waals surface area (Å²) in [5.74, 6) is -2.16. The van der Waals surface area contributed by atoms with Gasteiger partial charge in [0.1, 0.15) is 6.10 Å². The minimum absolute atomic E-state index is 0.0493. The Morgan fingerprint density at radius 2 is 1.50 bits per heavy atom. The molecule has 3 aromatic carbocycles. The van der Waals surface area contributed by atoms with Gasteiger partial charge in [0.05, 0.1) is 11.5 Å². The molecule has 1 amide bonds. The molecular weight excluding hydrogens is 430 g/mol. The van der Waals surface area contributed by atoms with Gasteiger partial charge in [-0.05, 0) is 48.2 Å². The maximum atomic E-state index is 12.4. The quantitative estimate of drug-likeness (QED) is 0.417. The number of benzene rings is 3. The zero-order valence-electron chi connectivity index (χ0n) is 19.4. The lowest BCUT2D eigenvalue weighted by Gasteiger charge is -2.17. The van der Waals surface area contributed by atoms with Crippen LogP contribution in [0.2, 0.25) is 0 Å². The molecular formula is C28H29NO5. The minimum atomic E-state index is -1.09. The van der Waals surface area contributed by atoms with Gasteiger partial charge in [-0.1, -0.05) is 67.6 Å². The van der Waals surface area contributed by atoms with Crippen molar-refractivity contribution < 1.29 is 24.2 Å². The molecule has 0 fully saturated rings. The predicted molar refractivity (Wildman–Crippen MR) is 131 cm³/mol. The highest BCUT2D eigenvalue weighted by molar-refractivity contribution is 5.97. The summed E-state index contributed by atoms with van der Waals surface area (Å²) in [4.78, 5) is 35.7. The molecule has 0 aliphatic heterocycles. The average Bonchev–Trinajstić information content (AvgIpc) is 2.84. The first-order chi connectivity index (χ1) is 16.3. The lowest BCUT2D eigenvalue weighted by atomic mass is 10.0. The number of hydrogen-bond donors (Lipinski definition) is 2. The first-order valence-corrected chi connectivity index (χ1v) is 11.3. The third-order valence-corrected chi connectivity index (χ3v) is 5.54. The summed E-state index contributed by atoms with van der Waals surface area (Å²) in [5, 5.41) is 11.8. The molecule has 34 heavy (non-hydrogen) atoms. The predicted octanol–water partition coefficient (Wildman–Crippen LogP) is 4.98. The Morgan fingerprint density at radius 3 is 2.18 bits per heavy atom. The molecule has 2 atom stereocenters. The molecule has 0 saturated carbocycles. The Kier molecular flexibility index (Phi) is 8.57. The zero-order chi connectivity index (χ0) is 24.5. The molecule has 0 spiro atoms. The summed E-state index contributed by atoms with van der Waals surface area (Å²) in [7, 11) is 0. The number of aromatic carboxylic acids is 1. The molecule has 0 saturated heterocycles. The maximum absolute atomic E-state index is 12.4. The number of hydrogen-bond acceptors (Lipinski definition) is 4. The van der Waals surface area contributed by atoms with Gasteiger partial charge in [0, 0.05) is 18.5 Å². The number of carbonyl (C=O) groups excluding carboxylic acids is 2. The highest BCUT2D eigenvalue weighted by atomic mass is 16.5. The van der Waals surface area contributed by atoms with Crippen molar-refractivity contribution in [1.29, 1.82) is 0 Å². The summed E-state index contributed by atoms with van der Waals surface area (Å²) in [5.41, 5.74) is 3.70. The number of rotatable bonds is 10. The van der Waals surface area contributed by atoms with E-state index in [0.29, 0.717) is 12.8 Å². The first-order valence-electron chi connectivity index (χ1n) is 11.3. The van der Waals surface area contributed by atoms with Crippen LogP contribution >= 0.6 is 0 Å². The molecule has 6 heteroatoms. The Labute approximate surface area is 199 Å². The highest BCUT2D eigenvalue weighted by Crippen LogP contribution is 2.20. The largest absolute Gasteiger partial charge is 0.478 e. The summed E-state index contributed by atoms with van der Waals surface area (Å²) < 4.78 is 5.60. The summed E-state index contributed by atoms with van der Waals surface area (Å²) >= 11 is 0. The van der Waals surface area contributed by atoms with Crippen molar-refractivity contribution in [3.63, 3.8) is 0 Å². The highest BCUT2D eigenvalue weighted by Gasteiger charge is 2.18. The van der Waals surface area contributed by atoms with Crippen LogP contribution in [-0.4, -0.2) is 35.6 Å². The van der Waals surface area contributed by atoms with Crippen LogP contribution < -0.4 is 5.32 Å². The van der Waals surface area contributed by atoms with E-state index in [0.717, 1.165) is 16.7 Å². The van der Waals surface area contributed by atoms with Crippen molar-refractivity contribution in [3.8, 4) is 11.1 Å². The summed E-state index contributed by atoms with van der Waals surface area (Å²) in [6.07, 6.45) is 0.761. The number of amides is 1. The number of carboxylic acid groups (broad SMARTS) is 1. The van der Waals surface area contributed by atoms with Crippen molar-refractivity contribution in [2.24, 2.45) is 5.92 Å². The van der Waals surface area contributed by atoms with E-state index in [2.05, 4.69) is 29.6 Å². The average molecular weight is 460 g/mol. The van der Waals surface area contributed by atoms with E-state index in [9.17, 15) is 14.4 Å².